The number of amides is 2. The standard InChI is InChI=1S/C17H17N3O5/c1-18-17(24)12-5-4-6-13(9-12)19-14(21)11-25-16(23)10-20-8-3-2-7-15(20)22/h2-9H,10-11H2,1H3,(H,18,24)(H,19,21). The lowest BCUT2D eigenvalue weighted by molar-refractivity contribution is -0.147. The van der Waals surface area contributed by atoms with Gasteiger partial charge in [0.1, 0.15) is 6.54 Å². The third kappa shape index (κ3) is 5.31. The van der Waals surface area contributed by atoms with Gasteiger partial charge in [-0.2, -0.15) is 0 Å². The predicted octanol–water partition coefficient (Wildman–Crippen LogP) is 0.390. The summed E-state index contributed by atoms with van der Waals surface area (Å²) >= 11 is 0. The number of nitrogens with zero attached hydrogens (tertiary/aromatic N) is 1. The Labute approximate surface area is 143 Å². The minimum Gasteiger partial charge on any atom is -0.454 e. The molecule has 0 saturated carbocycles. The van der Waals surface area contributed by atoms with Gasteiger partial charge >= 0.3 is 5.97 Å². The highest BCUT2D eigenvalue weighted by Crippen LogP contribution is 2.10. The van der Waals surface area contributed by atoms with Crippen molar-refractivity contribution < 1.29 is 19.1 Å². The van der Waals surface area contributed by atoms with Crippen molar-refractivity contribution in [3.05, 3.63) is 64.6 Å². The number of rotatable bonds is 6. The maximum Gasteiger partial charge on any atom is 0.326 e. The molecule has 0 unspecified atom stereocenters. The van der Waals surface area contributed by atoms with Crippen molar-refractivity contribution in [2.24, 2.45) is 0 Å². The number of esters is 1. The van der Waals surface area contributed by atoms with E-state index in [-0.39, 0.29) is 18.0 Å². The Hall–Kier alpha value is -3.42. The van der Waals surface area contributed by atoms with Crippen LogP contribution in [-0.4, -0.2) is 36.0 Å². The van der Waals surface area contributed by atoms with Crippen LogP contribution in [0.15, 0.2) is 53.5 Å². The molecule has 0 aliphatic heterocycles. The minimum atomic E-state index is -0.706. The normalized spacial score (nSPS) is 9.96. The fraction of sp³-hybridized carbons (Fsp3) is 0.176. The topological polar surface area (TPSA) is 106 Å². The van der Waals surface area contributed by atoms with Crippen LogP contribution < -0.4 is 16.2 Å². The highest BCUT2D eigenvalue weighted by Gasteiger charge is 2.10. The lowest BCUT2D eigenvalue weighted by Gasteiger charge is -2.08. The molecule has 2 rings (SSSR count). The van der Waals surface area contributed by atoms with Gasteiger partial charge in [-0.15, -0.1) is 0 Å². The third-order valence-electron chi connectivity index (χ3n) is 3.20. The number of anilines is 1. The van der Waals surface area contributed by atoms with E-state index >= 15 is 0 Å². The van der Waals surface area contributed by atoms with Gasteiger partial charge in [0.2, 0.25) is 0 Å². The molecule has 1 aromatic carbocycles. The van der Waals surface area contributed by atoms with Crippen LogP contribution in [0.2, 0.25) is 0 Å². The molecule has 2 aromatic rings. The van der Waals surface area contributed by atoms with Crippen LogP contribution in [0.3, 0.4) is 0 Å². The summed E-state index contributed by atoms with van der Waals surface area (Å²) in [5.74, 6) is -1.54. The summed E-state index contributed by atoms with van der Waals surface area (Å²) in [6.45, 7) is -0.774. The van der Waals surface area contributed by atoms with Crippen molar-refractivity contribution in [2.75, 3.05) is 19.0 Å². The molecule has 0 fully saturated rings. The molecule has 0 aliphatic rings. The van der Waals surface area contributed by atoms with Crippen LogP contribution in [0, 0.1) is 0 Å². The van der Waals surface area contributed by atoms with Gasteiger partial charge in [0.15, 0.2) is 6.61 Å². The number of carbonyl (C=O) groups excluding carboxylic acids is 3. The summed E-state index contributed by atoms with van der Waals surface area (Å²) in [6.07, 6.45) is 1.45. The maximum atomic E-state index is 11.8. The Kier molecular flexibility index (Phi) is 6.05. The van der Waals surface area contributed by atoms with Crippen LogP contribution in [-0.2, 0) is 20.9 Å². The van der Waals surface area contributed by atoms with E-state index in [1.807, 2.05) is 0 Å². The van der Waals surface area contributed by atoms with Crippen molar-refractivity contribution in [1.29, 1.82) is 0 Å². The van der Waals surface area contributed by atoms with E-state index in [0.717, 1.165) is 0 Å². The number of nitrogens with one attached hydrogen (secondary N) is 2. The second-order valence-electron chi connectivity index (χ2n) is 5.04. The Bertz CT molecular complexity index is 844. The van der Waals surface area contributed by atoms with Crippen molar-refractivity contribution in [3.8, 4) is 0 Å². The first-order valence-electron chi connectivity index (χ1n) is 7.42. The molecule has 0 radical (unpaired) electrons. The Balaban J connectivity index is 1.86. The van der Waals surface area contributed by atoms with Crippen molar-refractivity contribution in [2.45, 2.75) is 6.54 Å². The number of ether oxygens (including phenoxy) is 1. The van der Waals surface area contributed by atoms with Crippen molar-refractivity contribution in [1.82, 2.24) is 9.88 Å². The fourth-order valence-corrected chi connectivity index (χ4v) is 2.00. The first-order valence-corrected chi connectivity index (χ1v) is 7.42. The van der Waals surface area contributed by atoms with Gasteiger partial charge in [-0.05, 0) is 24.3 Å². The van der Waals surface area contributed by atoms with Gasteiger partial charge in [0.05, 0.1) is 0 Å². The molecule has 0 saturated heterocycles. The van der Waals surface area contributed by atoms with Crippen LogP contribution in [0.5, 0.6) is 0 Å². The summed E-state index contributed by atoms with van der Waals surface area (Å²) in [5, 5.41) is 5.01. The van der Waals surface area contributed by atoms with Gasteiger partial charge in [0, 0.05) is 30.6 Å². The Morgan fingerprint density at radius 3 is 2.64 bits per heavy atom. The van der Waals surface area contributed by atoms with Crippen molar-refractivity contribution in [3.63, 3.8) is 0 Å². The molecule has 0 atom stereocenters. The number of hydrogen-bond donors (Lipinski definition) is 2. The molecule has 2 amide bonds. The smallest absolute Gasteiger partial charge is 0.326 e. The van der Waals surface area contributed by atoms with Crippen molar-refractivity contribution >= 4 is 23.5 Å². The zero-order valence-electron chi connectivity index (χ0n) is 13.5. The number of aromatic nitrogens is 1. The zero-order valence-corrected chi connectivity index (χ0v) is 13.5. The molecule has 130 valence electrons. The summed E-state index contributed by atoms with van der Waals surface area (Å²) < 4.78 is 6.02. The number of hydrogen-bond acceptors (Lipinski definition) is 5. The van der Waals surface area contributed by atoms with Crippen LogP contribution in [0.4, 0.5) is 5.69 Å². The molecule has 1 heterocycles. The molecular formula is C17H17N3O5. The summed E-state index contributed by atoms with van der Waals surface area (Å²) in [4.78, 5) is 46.6. The van der Waals surface area contributed by atoms with Crippen LogP contribution in [0.25, 0.3) is 0 Å². The van der Waals surface area contributed by atoms with Gasteiger partial charge in [-0.3, -0.25) is 19.2 Å². The molecular weight excluding hydrogens is 326 g/mol. The first kappa shape index (κ1) is 17.9. The van der Waals surface area contributed by atoms with Gasteiger partial charge < -0.3 is 19.9 Å². The molecule has 8 nitrogen and oxygen atoms in total. The third-order valence-corrected chi connectivity index (χ3v) is 3.20. The molecule has 1 aromatic heterocycles. The molecule has 0 bridgehead atoms. The molecule has 8 heteroatoms. The average molecular weight is 343 g/mol. The summed E-state index contributed by atoms with van der Waals surface area (Å²) in [5.41, 5.74) is 0.456. The quantitative estimate of drug-likeness (QED) is 0.738. The summed E-state index contributed by atoms with van der Waals surface area (Å²) in [7, 11) is 1.51. The van der Waals surface area contributed by atoms with E-state index in [1.54, 1.807) is 30.3 Å². The second kappa shape index (κ2) is 8.44. The number of pyridine rings is 1. The van der Waals surface area contributed by atoms with Crippen LogP contribution in [0.1, 0.15) is 10.4 Å². The van der Waals surface area contributed by atoms with E-state index in [1.165, 1.54) is 29.9 Å². The zero-order chi connectivity index (χ0) is 18.2. The van der Waals surface area contributed by atoms with Gasteiger partial charge in [-0.25, -0.2) is 0 Å². The molecule has 0 spiro atoms. The van der Waals surface area contributed by atoms with E-state index < -0.39 is 18.5 Å². The van der Waals surface area contributed by atoms with Gasteiger partial charge in [0.25, 0.3) is 17.4 Å². The first-order chi connectivity index (χ1) is 12.0. The highest BCUT2D eigenvalue weighted by molar-refractivity contribution is 5.97. The Morgan fingerprint density at radius 2 is 1.92 bits per heavy atom. The van der Waals surface area contributed by atoms with Crippen LogP contribution >= 0.6 is 0 Å². The lowest BCUT2D eigenvalue weighted by Crippen LogP contribution is -2.27. The average Bonchev–Trinajstić information content (AvgIpc) is 2.61. The summed E-state index contributed by atoms with van der Waals surface area (Å²) in [6, 6.07) is 10.8. The molecule has 25 heavy (non-hydrogen) atoms. The highest BCUT2D eigenvalue weighted by atomic mass is 16.5. The number of benzene rings is 1. The largest absolute Gasteiger partial charge is 0.454 e. The second-order valence-corrected chi connectivity index (χ2v) is 5.04. The molecule has 0 aliphatic carbocycles. The maximum absolute atomic E-state index is 11.8. The number of carbonyl (C=O) groups is 3. The van der Waals surface area contributed by atoms with E-state index in [9.17, 15) is 19.2 Å². The van der Waals surface area contributed by atoms with E-state index in [2.05, 4.69) is 10.6 Å². The Morgan fingerprint density at radius 1 is 1.12 bits per heavy atom. The SMILES string of the molecule is CNC(=O)c1cccc(NC(=O)COC(=O)Cn2ccccc2=O)c1. The minimum absolute atomic E-state index is 0.279. The lowest BCUT2D eigenvalue weighted by atomic mass is 10.2. The van der Waals surface area contributed by atoms with E-state index in [0.29, 0.717) is 11.3 Å². The molecule has 2 N–H and O–H groups in total. The van der Waals surface area contributed by atoms with E-state index in [4.69, 9.17) is 4.74 Å². The van der Waals surface area contributed by atoms with Gasteiger partial charge in [-0.1, -0.05) is 12.1 Å². The monoisotopic (exact) mass is 343 g/mol. The predicted molar refractivity (Wildman–Crippen MR) is 90.1 cm³/mol. The fourth-order valence-electron chi connectivity index (χ4n) is 2.00.